The molecule has 4 aromatic heterocycles. The van der Waals surface area contributed by atoms with Gasteiger partial charge in [0.2, 0.25) is 0 Å². The van der Waals surface area contributed by atoms with Gasteiger partial charge < -0.3 is 15.5 Å². The van der Waals surface area contributed by atoms with Crippen LogP contribution in [0.2, 0.25) is 0 Å². The second-order valence-electron chi connectivity index (χ2n) is 11.9. The Balaban J connectivity index is 1.07. The Kier molecular flexibility index (Phi) is 6.88. The smallest absolute Gasteiger partial charge is 0.257 e. The van der Waals surface area contributed by atoms with Crippen molar-refractivity contribution in [2.45, 2.75) is 38.6 Å². The summed E-state index contributed by atoms with van der Waals surface area (Å²) in [7, 11) is 2.01. The molecule has 10 nitrogen and oxygen atoms in total. The van der Waals surface area contributed by atoms with E-state index in [9.17, 15) is 4.79 Å². The van der Waals surface area contributed by atoms with Crippen molar-refractivity contribution in [1.29, 1.82) is 0 Å². The van der Waals surface area contributed by atoms with E-state index >= 15 is 0 Å². The van der Waals surface area contributed by atoms with E-state index in [1.807, 2.05) is 36.3 Å². The van der Waals surface area contributed by atoms with Crippen LogP contribution in [-0.2, 0) is 13.6 Å². The topological polar surface area (TPSA) is 104 Å². The van der Waals surface area contributed by atoms with Gasteiger partial charge >= 0.3 is 0 Å². The highest BCUT2D eigenvalue weighted by Crippen LogP contribution is 2.40. The van der Waals surface area contributed by atoms with E-state index in [1.165, 1.54) is 37.8 Å². The fraction of sp³-hybridized carbons (Fsp3) is 0.452. The van der Waals surface area contributed by atoms with Gasteiger partial charge in [0.1, 0.15) is 11.6 Å². The second-order valence-corrected chi connectivity index (χ2v) is 11.9. The minimum Gasteiger partial charge on any atom is -0.355 e. The molecule has 3 fully saturated rings. The number of pyridine rings is 3. The maximum absolute atomic E-state index is 13.2. The standard InChI is InChI=1S/C31H37N9O/c1-38-27(19-39-11-3-2-4-12-39)25(17-36-38)24-13-23-14-28(35-18-26(23)34-16-24)37-30(41)22-5-8-33-29(15-22)40-20-31(21-40)6-9-32-10-7-31/h5,8,13-18,32H,2-4,6-7,9-12,19-21H2,1H3,(H,35,37,41). The van der Waals surface area contributed by atoms with E-state index in [4.69, 9.17) is 0 Å². The summed E-state index contributed by atoms with van der Waals surface area (Å²) >= 11 is 0. The maximum atomic E-state index is 13.2. The van der Waals surface area contributed by atoms with Crippen LogP contribution in [0.1, 0.15) is 48.2 Å². The predicted octanol–water partition coefficient (Wildman–Crippen LogP) is 3.85. The number of carbonyl (C=O) groups excluding carboxylic acids is 1. The monoisotopic (exact) mass is 551 g/mol. The number of nitrogens with zero attached hydrogens (tertiary/aromatic N) is 7. The highest BCUT2D eigenvalue weighted by molar-refractivity contribution is 6.04. The van der Waals surface area contributed by atoms with Gasteiger partial charge in [-0.3, -0.25) is 19.4 Å². The molecule has 3 aliphatic rings. The van der Waals surface area contributed by atoms with Crippen LogP contribution >= 0.6 is 0 Å². The summed E-state index contributed by atoms with van der Waals surface area (Å²) in [6.07, 6.45) is 13.5. The first-order valence-corrected chi connectivity index (χ1v) is 14.8. The molecule has 0 radical (unpaired) electrons. The van der Waals surface area contributed by atoms with E-state index in [0.717, 1.165) is 73.7 Å². The number of likely N-dealkylation sites (tertiary alicyclic amines) is 1. The highest BCUT2D eigenvalue weighted by atomic mass is 16.1. The lowest BCUT2D eigenvalue weighted by atomic mass is 9.72. The first-order chi connectivity index (χ1) is 20.1. The first-order valence-electron chi connectivity index (χ1n) is 14.8. The van der Waals surface area contributed by atoms with Crippen molar-refractivity contribution in [2.24, 2.45) is 12.5 Å². The van der Waals surface area contributed by atoms with Crippen molar-refractivity contribution >= 4 is 28.4 Å². The average molecular weight is 552 g/mol. The summed E-state index contributed by atoms with van der Waals surface area (Å²) in [5, 5.41) is 11.9. The predicted molar refractivity (Wildman–Crippen MR) is 160 cm³/mol. The molecule has 1 spiro atoms. The normalized spacial score (nSPS) is 18.9. The number of aryl methyl sites for hydroxylation is 1. The number of fused-ring (bicyclic) bond motifs is 1. The molecule has 4 aromatic rings. The zero-order chi connectivity index (χ0) is 27.8. The molecular formula is C31H37N9O. The molecule has 2 N–H and O–H groups in total. The molecular weight excluding hydrogens is 514 g/mol. The first kappa shape index (κ1) is 26.0. The number of aromatic nitrogens is 5. The number of anilines is 2. The quantitative estimate of drug-likeness (QED) is 0.373. The lowest BCUT2D eigenvalue weighted by Crippen LogP contribution is -2.60. The fourth-order valence-corrected chi connectivity index (χ4v) is 6.59. The van der Waals surface area contributed by atoms with Gasteiger partial charge in [-0.15, -0.1) is 0 Å². The number of nitrogens with one attached hydrogen (secondary N) is 2. The van der Waals surface area contributed by atoms with Gasteiger partial charge in [0.05, 0.1) is 23.6 Å². The van der Waals surface area contributed by atoms with Gasteiger partial charge in [0.25, 0.3) is 5.91 Å². The summed E-state index contributed by atoms with van der Waals surface area (Å²) in [5.74, 6) is 1.16. The van der Waals surface area contributed by atoms with E-state index in [2.05, 4.69) is 46.6 Å². The third-order valence-electron chi connectivity index (χ3n) is 9.05. The minimum atomic E-state index is -0.196. The Hall–Kier alpha value is -3.89. The van der Waals surface area contributed by atoms with Crippen LogP contribution in [0.15, 0.2) is 49.1 Å². The zero-order valence-corrected chi connectivity index (χ0v) is 23.6. The lowest BCUT2D eigenvalue weighted by Gasteiger charge is -2.53. The molecule has 0 atom stereocenters. The molecule has 7 rings (SSSR count). The summed E-state index contributed by atoms with van der Waals surface area (Å²) in [6, 6.07) is 7.65. The Morgan fingerprint density at radius 1 is 1.00 bits per heavy atom. The maximum Gasteiger partial charge on any atom is 0.257 e. The Bertz CT molecular complexity index is 1560. The molecule has 3 aliphatic heterocycles. The Morgan fingerprint density at radius 3 is 2.66 bits per heavy atom. The molecule has 0 aliphatic carbocycles. The SMILES string of the molecule is Cn1ncc(-c2cnc3cnc(NC(=O)c4ccnc(N5CC6(CCNCC6)C5)c4)cc3c2)c1CN1CCCCC1. The third kappa shape index (κ3) is 5.29. The summed E-state index contributed by atoms with van der Waals surface area (Å²) in [5.41, 5.74) is 5.06. The molecule has 0 aromatic carbocycles. The average Bonchev–Trinajstić information content (AvgIpc) is 3.36. The number of hydrogen-bond donors (Lipinski definition) is 2. The lowest BCUT2D eigenvalue weighted by molar-refractivity contribution is 0.102. The van der Waals surface area contributed by atoms with Crippen molar-refractivity contribution in [2.75, 3.05) is 49.5 Å². The van der Waals surface area contributed by atoms with E-state index in [0.29, 0.717) is 16.8 Å². The molecule has 41 heavy (non-hydrogen) atoms. The number of amides is 1. The number of hydrogen-bond acceptors (Lipinski definition) is 8. The molecule has 0 saturated carbocycles. The van der Waals surface area contributed by atoms with Gasteiger partial charge in [-0.1, -0.05) is 6.42 Å². The van der Waals surface area contributed by atoms with Crippen LogP contribution in [0.5, 0.6) is 0 Å². The number of piperidine rings is 2. The van der Waals surface area contributed by atoms with E-state index in [-0.39, 0.29) is 5.91 Å². The highest BCUT2D eigenvalue weighted by Gasteiger charge is 2.43. The van der Waals surface area contributed by atoms with Crippen LogP contribution in [0.25, 0.3) is 22.0 Å². The molecule has 7 heterocycles. The molecule has 10 heteroatoms. The fourth-order valence-electron chi connectivity index (χ4n) is 6.59. The van der Waals surface area contributed by atoms with Crippen molar-refractivity contribution < 1.29 is 4.79 Å². The summed E-state index contributed by atoms with van der Waals surface area (Å²) < 4.78 is 1.97. The van der Waals surface area contributed by atoms with Crippen LogP contribution in [-0.4, -0.2) is 74.8 Å². The van der Waals surface area contributed by atoms with Gasteiger partial charge in [-0.05, 0) is 76.1 Å². The van der Waals surface area contributed by atoms with Crippen LogP contribution in [0, 0.1) is 5.41 Å². The van der Waals surface area contributed by atoms with Crippen LogP contribution in [0.4, 0.5) is 11.6 Å². The largest absolute Gasteiger partial charge is 0.355 e. The third-order valence-corrected chi connectivity index (χ3v) is 9.05. The molecule has 1 amide bonds. The summed E-state index contributed by atoms with van der Waals surface area (Å²) in [4.78, 5) is 31.7. The van der Waals surface area contributed by atoms with Gasteiger partial charge in [-0.2, -0.15) is 5.10 Å². The number of carbonyl (C=O) groups is 1. The zero-order valence-electron chi connectivity index (χ0n) is 23.6. The van der Waals surface area contributed by atoms with Crippen molar-refractivity contribution in [3.63, 3.8) is 0 Å². The molecule has 0 unspecified atom stereocenters. The van der Waals surface area contributed by atoms with Crippen molar-refractivity contribution in [3.05, 3.63) is 60.3 Å². The summed E-state index contributed by atoms with van der Waals surface area (Å²) in [6.45, 7) is 7.32. The molecule has 212 valence electrons. The number of rotatable bonds is 6. The van der Waals surface area contributed by atoms with Gasteiger partial charge in [0.15, 0.2) is 0 Å². The Labute approximate surface area is 240 Å². The van der Waals surface area contributed by atoms with E-state index in [1.54, 1.807) is 18.5 Å². The second kappa shape index (κ2) is 10.8. The van der Waals surface area contributed by atoms with Crippen LogP contribution < -0.4 is 15.5 Å². The van der Waals surface area contributed by atoms with Crippen molar-refractivity contribution in [3.8, 4) is 11.1 Å². The van der Waals surface area contributed by atoms with Crippen molar-refractivity contribution in [1.82, 2.24) is 34.9 Å². The Morgan fingerprint density at radius 2 is 1.83 bits per heavy atom. The van der Waals surface area contributed by atoms with Crippen LogP contribution in [0.3, 0.4) is 0 Å². The van der Waals surface area contributed by atoms with E-state index < -0.39 is 0 Å². The minimum absolute atomic E-state index is 0.196. The molecule has 0 bridgehead atoms. The van der Waals surface area contributed by atoms with Gasteiger partial charge in [0, 0.05) is 66.6 Å². The molecule has 3 saturated heterocycles. The van der Waals surface area contributed by atoms with Gasteiger partial charge in [-0.25, -0.2) is 9.97 Å².